The number of benzene rings is 1. The average molecular weight is 270 g/mol. The summed E-state index contributed by atoms with van der Waals surface area (Å²) in [6, 6.07) is 8.45. The maximum atomic E-state index is 5.57. The van der Waals surface area contributed by atoms with Crippen LogP contribution in [0.2, 0.25) is 0 Å². The number of thiazole rings is 1. The van der Waals surface area contributed by atoms with E-state index in [1.54, 1.807) is 0 Å². The van der Waals surface area contributed by atoms with E-state index in [0.29, 0.717) is 5.13 Å². The molecule has 3 nitrogen and oxygen atoms in total. The summed E-state index contributed by atoms with van der Waals surface area (Å²) in [6.07, 6.45) is 2.87. The van der Waals surface area contributed by atoms with Gasteiger partial charge in [-0.3, -0.25) is 0 Å². The van der Waals surface area contributed by atoms with Crippen molar-refractivity contribution in [2.75, 3.05) is 11.1 Å². The van der Waals surface area contributed by atoms with Crippen molar-refractivity contribution >= 4 is 34.6 Å². The maximum absolute atomic E-state index is 5.57. The molecule has 0 aliphatic carbocycles. The number of nitrogens with zero attached hydrogens (tertiary/aromatic N) is 1. The highest BCUT2D eigenvalue weighted by atomic mass is 35.5. The second-order valence-corrected chi connectivity index (χ2v) is 4.72. The van der Waals surface area contributed by atoms with E-state index in [9.17, 15) is 0 Å². The third-order valence-electron chi connectivity index (χ3n) is 2.37. The van der Waals surface area contributed by atoms with Gasteiger partial charge in [-0.15, -0.1) is 23.7 Å². The molecule has 3 N–H and O–H groups in total. The zero-order chi connectivity index (χ0) is 11.4. The fourth-order valence-corrected chi connectivity index (χ4v) is 2.12. The molecule has 2 rings (SSSR count). The Labute approximate surface area is 111 Å². The van der Waals surface area contributed by atoms with Gasteiger partial charge in [0.05, 0.1) is 6.54 Å². The highest BCUT2D eigenvalue weighted by Crippen LogP contribution is 2.17. The molecule has 17 heavy (non-hydrogen) atoms. The number of aryl methyl sites for hydroxylation is 1. The van der Waals surface area contributed by atoms with Gasteiger partial charge in [0.15, 0.2) is 5.13 Å². The van der Waals surface area contributed by atoms with Crippen molar-refractivity contribution in [3.8, 4) is 0 Å². The van der Waals surface area contributed by atoms with Gasteiger partial charge in [0.25, 0.3) is 0 Å². The van der Waals surface area contributed by atoms with Crippen LogP contribution in [-0.2, 0) is 13.0 Å². The summed E-state index contributed by atoms with van der Waals surface area (Å²) in [5, 5.41) is 3.99. The SMILES string of the molecule is CCc1cccc(NCc2cnc(N)s2)c1.Cl. The number of nitrogen functional groups attached to an aromatic ring is 1. The zero-order valence-electron chi connectivity index (χ0n) is 9.64. The Morgan fingerprint density at radius 3 is 2.88 bits per heavy atom. The van der Waals surface area contributed by atoms with Crippen molar-refractivity contribution in [1.82, 2.24) is 4.98 Å². The molecule has 0 aliphatic heterocycles. The van der Waals surface area contributed by atoms with E-state index >= 15 is 0 Å². The van der Waals surface area contributed by atoms with Crippen molar-refractivity contribution in [3.05, 3.63) is 40.9 Å². The Balaban J connectivity index is 0.00000144. The van der Waals surface area contributed by atoms with Crippen LogP contribution >= 0.6 is 23.7 Å². The topological polar surface area (TPSA) is 50.9 Å². The molecule has 0 saturated heterocycles. The molecule has 0 bridgehead atoms. The zero-order valence-corrected chi connectivity index (χ0v) is 11.3. The van der Waals surface area contributed by atoms with Gasteiger partial charge in [-0.2, -0.15) is 0 Å². The number of nitrogens with two attached hydrogens (primary N) is 1. The van der Waals surface area contributed by atoms with Crippen molar-refractivity contribution < 1.29 is 0 Å². The molecule has 0 atom stereocenters. The summed E-state index contributed by atoms with van der Waals surface area (Å²) in [4.78, 5) is 5.17. The van der Waals surface area contributed by atoms with Crippen LogP contribution in [0.15, 0.2) is 30.5 Å². The highest BCUT2D eigenvalue weighted by Gasteiger charge is 1.99. The molecule has 1 aromatic carbocycles. The molecule has 2 aromatic rings. The molecular formula is C12H16ClN3S. The van der Waals surface area contributed by atoms with Crippen LogP contribution in [-0.4, -0.2) is 4.98 Å². The van der Waals surface area contributed by atoms with Crippen LogP contribution in [0.25, 0.3) is 0 Å². The van der Waals surface area contributed by atoms with Crippen LogP contribution in [0, 0.1) is 0 Å². The van der Waals surface area contributed by atoms with Crippen molar-refractivity contribution in [2.45, 2.75) is 19.9 Å². The second-order valence-electron chi connectivity index (χ2n) is 3.57. The van der Waals surface area contributed by atoms with Gasteiger partial charge in [0, 0.05) is 16.8 Å². The molecule has 0 unspecified atom stereocenters. The number of halogens is 1. The first-order chi connectivity index (χ1) is 7.78. The maximum Gasteiger partial charge on any atom is 0.180 e. The number of hydrogen-bond acceptors (Lipinski definition) is 4. The number of rotatable bonds is 4. The second kappa shape index (κ2) is 6.47. The largest absolute Gasteiger partial charge is 0.380 e. The molecule has 0 amide bonds. The molecule has 0 aliphatic rings. The summed E-state index contributed by atoms with van der Waals surface area (Å²) >= 11 is 1.52. The highest BCUT2D eigenvalue weighted by molar-refractivity contribution is 7.15. The van der Waals surface area contributed by atoms with Crippen LogP contribution in [0.4, 0.5) is 10.8 Å². The molecule has 5 heteroatoms. The molecule has 0 fully saturated rings. The van der Waals surface area contributed by atoms with Crippen LogP contribution < -0.4 is 11.1 Å². The molecule has 1 aromatic heterocycles. The minimum atomic E-state index is 0. The van der Waals surface area contributed by atoms with Crippen molar-refractivity contribution in [2.24, 2.45) is 0 Å². The number of anilines is 2. The van der Waals surface area contributed by atoms with Crippen molar-refractivity contribution in [3.63, 3.8) is 0 Å². The molecule has 0 saturated carbocycles. The predicted molar refractivity (Wildman–Crippen MR) is 76.9 cm³/mol. The minimum Gasteiger partial charge on any atom is -0.380 e. The van der Waals surface area contributed by atoms with E-state index < -0.39 is 0 Å². The smallest absolute Gasteiger partial charge is 0.180 e. The molecule has 0 radical (unpaired) electrons. The van der Waals surface area contributed by atoms with Crippen LogP contribution in [0.1, 0.15) is 17.4 Å². The number of nitrogens with one attached hydrogen (secondary N) is 1. The van der Waals surface area contributed by atoms with E-state index in [1.165, 1.54) is 16.9 Å². The summed E-state index contributed by atoms with van der Waals surface area (Å²) in [5.41, 5.74) is 8.06. The Hall–Kier alpha value is -1.26. The lowest BCUT2D eigenvalue weighted by Crippen LogP contribution is -1.97. The van der Waals surface area contributed by atoms with Crippen LogP contribution in [0.5, 0.6) is 0 Å². The van der Waals surface area contributed by atoms with Gasteiger partial charge in [0.2, 0.25) is 0 Å². The first-order valence-electron chi connectivity index (χ1n) is 5.31. The normalized spacial score (nSPS) is 9.71. The lowest BCUT2D eigenvalue weighted by atomic mass is 10.1. The lowest BCUT2D eigenvalue weighted by molar-refractivity contribution is 1.12. The van der Waals surface area contributed by atoms with Crippen molar-refractivity contribution in [1.29, 1.82) is 0 Å². The Morgan fingerprint density at radius 1 is 1.41 bits per heavy atom. The van der Waals surface area contributed by atoms with Gasteiger partial charge < -0.3 is 11.1 Å². The van der Waals surface area contributed by atoms with Gasteiger partial charge in [-0.1, -0.05) is 19.1 Å². The number of hydrogen-bond donors (Lipinski definition) is 2. The first kappa shape index (κ1) is 13.8. The quantitative estimate of drug-likeness (QED) is 0.895. The van der Waals surface area contributed by atoms with E-state index in [-0.39, 0.29) is 12.4 Å². The monoisotopic (exact) mass is 269 g/mol. The lowest BCUT2D eigenvalue weighted by Gasteiger charge is -2.05. The van der Waals surface area contributed by atoms with Crippen LogP contribution in [0.3, 0.4) is 0 Å². The third-order valence-corrected chi connectivity index (χ3v) is 3.20. The Kier molecular flexibility index (Phi) is 5.25. The number of aromatic nitrogens is 1. The molecular weight excluding hydrogens is 254 g/mol. The van der Waals surface area contributed by atoms with E-state index in [1.807, 2.05) is 6.20 Å². The fourth-order valence-electron chi connectivity index (χ4n) is 1.49. The molecule has 92 valence electrons. The predicted octanol–water partition coefficient (Wildman–Crippen LogP) is 3.32. The molecule has 1 heterocycles. The van der Waals surface area contributed by atoms with E-state index in [4.69, 9.17) is 5.73 Å². The Morgan fingerprint density at radius 2 is 2.24 bits per heavy atom. The summed E-state index contributed by atoms with van der Waals surface area (Å²) in [6.45, 7) is 2.94. The summed E-state index contributed by atoms with van der Waals surface area (Å²) < 4.78 is 0. The molecule has 0 spiro atoms. The average Bonchev–Trinajstić information content (AvgIpc) is 2.73. The summed E-state index contributed by atoms with van der Waals surface area (Å²) in [5.74, 6) is 0. The van der Waals surface area contributed by atoms with Gasteiger partial charge >= 0.3 is 0 Å². The van der Waals surface area contributed by atoms with Gasteiger partial charge in [0.1, 0.15) is 0 Å². The fraction of sp³-hybridized carbons (Fsp3) is 0.250. The third kappa shape index (κ3) is 3.91. The van der Waals surface area contributed by atoms with E-state index in [2.05, 4.69) is 41.5 Å². The Bertz CT molecular complexity index is 470. The van der Waals surface area contributed by atoms with Gasteiger partial charge in [-0.25, -0.2) is 4.98 Å². The minimum absolute atomic E-state index is 0. The van der Waals surface area contributed by atoms with Gasteiger partial charge in [-0.05, 0) is 24.1 Å². The summed E-state index contributed by atoms with van der Waals surface area (Å²) in [7, 11) is 0. The first-order valence-corrected chi connectivity index (χ1v) is 6.12. The van der Waals surface area contributed by atoms with E-state index in [0.717, 1.165) is 23.5 Å². The standard InChI is InChI=1S/C12H15N3S.ClH/c1-2-9-4-3-5-10(6-9)14-7-11-8-15-12(13)16-11;/h3-6,8,14H,2,7H2,1H3,(H2,13,15);1H.